The van der Waals surface area contributed by atoms with E-state index >= 15 is 0 Å². The molecule has 1 heterocycles. The number of carbonyl (C=O) groups is 1. The van der Waals surface area contributed by atoms with E-state index in [-0.39, 0.29) is 18.4 Å². The van der Waals surface area contributed by atoms with Crippen molar-refractivity contribution in [2.45, 2.75) is 19.8 Å². The highest BCUT2D eigenvalue weighted by Gasteiger charge is 2.20. The van der Waals surface area contributed by atoms with Crippen LogP contribution >= 0.6 is 0 Å². The molecule has 1 aromatic rings. The maximum Gasteiger partial charge on any atom is 0.255 e. The van der Waals surface area contributed by atoms with Gasteiger partial charge in [-0.1, -0.05) is 19.8 Å². The SMILES string of the molecule is C#CCOc1cc(C(C=O)C(C)C)on1. The van der Waals surface area contributed by atoms with E-state index in [0.29, 0.717) is 11.6 Å². The van der Waals surface area contributed by atoms with Crippen LogP contribution in [-0.4, -0.2) is 18.0 Å². The molecule has 4 nitrogen and oxygen atoms in total. The van der Waals surface area contributed by atoms with Crippen molar-refractivity contribution >= 4 is 6.29 Å². The predicted molar refractivity (Wildman–Crippen MR) is 54.5 cm³/mol. The van der Waals surface area contributed by atoms with Crippen molar-refractivity contribution < 1.29 is 14.1 Å². The minimum Gasteiger partial charge on any atom is -0.462 e. The van der Waals surface area contributed by atoms with Gasteiger partial charge in [-0.25, -0.2) is 0 Å². The number of aromatic nitrogens is 1. The quantitative estimate of drug-likeness (QED) is 0.544. The maximum absolute atomic E-state index is 10.8. The van der Waals surface area contributed by atoms with Crippen LogP contribution in [0, 0.1) is 18.3 Å². The van der Waals surface area contributed by atoms with Gasteiger partial charge in [-0.2, -0.15) is 0 Å². The number of carbonyl (C=O) groups excluding carboxylic acids is 1. The number of hydrogen-bond acceptors (Lipinski definition) is 4. The van der Waals surface area contributed by atoms with Crippen molar-refractivity contribution in [2.75, 3.05) is 6.61 Å². The highest BCUT2D eigenvalue weighted by atomic mass is 16.5. The van der Waals surface area contributed by atoms with Crippen molar-refractivity contribution in [1.82, 2.24) is 5.16 Å². The minimum atomic E-state index is -0.291. The van der Waals surface area contributed by atoms with E-state index in [2.05, 4.69) is 11.1 Å². The molecule has 15 heavy (non-hydrogen) atoms. The topological polar surface area (TPSA) is 52.3 Å². The minimum absolute atomic E-state index is 0.138. The van der Waals surface area contributed by atoms with E-state index < -0.39 is 0 Å². The van der Waals surface area contributed by atoms with Crippen LogP contribution in [-0.2, 0) is 4.79 Å². The van der Waals surface area contributed by atoms with E-state index in [0.717, 1.165) is 6.29 Å². The van der Waals surface area contributed by atoms with Crippen LogP contribution in [0.25, 0.3) is 0 Å². The maximum atomic E-state index is 10.8. The van der Waals surface area contributed by atoms with E-state index in [9.17, 15) is 4.79 Å². The van der Waals surface area contributed by atoms with Crippen molar-refractivity contribution in [1.29, 1.82) is 0 Å². The molecule has 1 unspecified atom stereocenters. The summed E-state index contributed by atoms with van der Waals surface area (Å²) in [7, 11) is 0. The standard InChI is InChI=1S/C11H13NO3/c1-4-5-14-11-6-10(15-12-11)9(7-13)8(2)3/h1,6-9H,5H2,2-3H3. The Morgan fingerprint density at radius 3 is 3.00 bits per heavy atom. The summed E-state index contributed by atoms with van der Waals surface area (Å²) in [5, 5.41) is 3.65. The zero-order valence-corrected chi connectivity index (χ0v) is 8.77. The second kappa shape index (κ2) is 5.20. The van der Waals surface area contributed by atoms with Gasteiger partial charge in [0.2, 0.25) is 0 Å². The fourth-order valence-electron chi connectivity index (χ4n) is 1.17. The lowest BCUT2D eigenvalue weighted by atomic mass is 9.95. The summed E-state index contributed by atoms with van der Waals surface area (Å²) >= 11 is 0. The molecule has 0 aliphatic rings. The van der Waals surface area contributed by atoms with Gasteiger partial charge in [0.05, 0.1) is 5.92 Å². The monoisotopic (exact) mass is 207 g/mol. The predicted octanol–water partition coefficient (Wildman–Crippen LogP) is 1.63. The molecule has 1 aromatic heterocycles. The molecule has 0 bridgehead atoms. The van der Waals surface area contributed by atoms with E-state index in [1.165, 1.54) is 0 Å². The molecule has 0 aliphatic carbocycles. The van der Waals surface area contributed by atoms with Gasteiger partial charge in [0.1, 0.15) is 6.29 Å². The average molecular weight is 207 g/mol. The molecule has 0 aliphatic heterocycles. The Morgan fingerprint density at radius 1 is 1.73 bits per heavy atom. The van der Waals surface area contributed by atoms with Gasteiger partial charge in [-0.05, 0) is 11.1 Å². The second-order valence-corrected chi connectivity index (χ2v) is 3.47. The van der Waals surface area contributed by atoms with Crippen LogP contribution in [0.5, 0.6) is 5.88 Å². The fraction of sp³-hybridized carbons (Fsp3) is 0.455. The van der Waals surface area contributed by atoms with Crippen LogP contribution in [0.15, 0.2) is 10.6 Å². The van der Waals surface area contributed by atoms with Crippen LogP contribution < -0.4 is 4.74 Å². The molecule has 80 valence electrons. The van der Waals surface area contributed by atoms with Gasteiger partial charge in [0, 0.05) is 6.07 Å². The van der Waals surface area contributed by atoms with Gasteiger partial charge in [-0.3, -0.25) is 0 Å². The van der Waals surface area contributed by atoms with Crippen LogP contribution in [0.1, 0.15) is 25.5 Å². The van der Waals surface area contributed by atoms with Gasteiger partial charge in [0.15, 0.2) is 12.4 Å². The summed E-state index contributed by atoms with van der Waals surface area (Å²) in [6, 6.07) is 1.59. The highest BCUT2D eigenvalue weighted by molar-refractivity contribution is 5.61. The summed E-state index contributed by atoms with van der Waals surface area (Å²) < 4.78 is 10.1. The van der Waals surface area contributed by atoms with Gasteiger partial charge < -0.3 is 14.1 Å². The highest BCUT2D eigenvalue weighted by Crippen LogP contribution is 2.25. The molecule has 0 radical (unpaired) electrons. The first-order chi connectivity index (χ1) is 7.19. The van der Waals surface area contributed by atoms with Crippen LogP contribution in [0.2, 0.25) is 0 Å². The number of ether oxygens (including phenoxy) is 1. The molecule has 0 fully saturated rings. The Labute approximate surface area is 88.6 Å². The third-order valence-electron chi connectivity index (χ3n) is 2.00. The lowest BCUT2D eigenvalue weighted by Crippen LogP contribution is -2.06. The molecule has 0 spiro atoms. The lowest BCUT2D eigenvalue weighted by Gasteiger charge is -2.08. The number of rotatable bonds is 5. The third kappa shape index (κ3) is 2.84. The first kappa shape index (κ1) is 11.3. The summed E-state index contributed by atoms with van der Waals surface area (Å²) in [4.78, 5) is 10.8. The largest absolute Gasteiger partial charge is 0.462 e. The summed E-state index contributed by atoms with van der Waals surface area (Å²) in [6.45, 7) is 4.01. The summed E-state index contributed by atoms with van der Waals surface area (Å²) in [5.41, 5.74) is 0. The van der Waals surface area contributed by atoms with Crippen molar-refractivity contribution in [2.24, 2.45) is 5.92 Å². The van der Waals surface area contributed by atoms with Gasteiger partial charge in [0.25, 0.3) is 5.88 Å². The molecule has 0 saturated heterocycles. The summed E-state index contributed by atoms with van der Waals surface area (Å²) in [5.74, 6) is 3.01. The zero-order chi connectivity index (χ0) is 11.3. The molecule has 1 atom stereocenters. The molecule has 0 amide bonds. The Morgan fingerprint density at radius 2 is 2.47 bits per heavy atom. The number of hydrogen-bond donors (Lipinski definition) is 0. The first-order valence-electron chi connectivity index (χ1n) is 4.67. The third-order valence-corrected chi connectivity index (χ3v) is 2.00. The number of nitrogens with zero attached hydrogens (tertiary/aromatic N) is 1. The first-order valence-corrected chi connectivity index (χ1v) is 4.67. The van der Waals surface area contributed by atoms with Gasteiger partial charge in [-0.15, -0.1) is 6.42 Å². The molecular weight excluding hydrogens is 194 g/mol. The average Bonchev–Trinajstić information content (AvgIpc) is 2.64. The number of terminal acetylenes is 1. The van der Waals surface area contributed by atoms with Crippen LogP contribution in [0.4, 0.5) is 0 Å². The van der Waals surface area contributed by atoms with Crippen molar-refractivity contribution in [3.8, 4) is 18.2 Å². The van der Waals surface area contributed by atoms with Gasteiger partial charge >= 0.3 is 0 Å². The van der Waals surface area contributed by atoms with E-state index in [4.69, 9.17) is 15.7 Å². The normalized spacial score (nSPS) is 12.1. The lowest BCUT2D eigenvalue weighted by molar-refractivity contribution is -0.110. The zero-order valence-electron chi connectivity index (χ0n) is 8.77. The molecule has 0 saturated carbocycles. The van der Waals surface area contributed by atoms with Crippen molar-refractivity contribution in [3.05, 3.63) is 11.8 Å². The van der Waals surface area contributed by atoms with E-state index in [1.54, 1.807) is 6.07 Å². The smallest absolute Gasteiger partial charge is 0.255 e. The number of aldehydes is 1. The Hall–Kier alpha value is -1.76. The van der Waals surface area contributed by atoms with Crippen molar-refractivity contribution in [3.63, 3.8) is 0 Å². The molecule has 4 heteroatoms. The van der Waals surface area contributed by atoms with Crippen LogP contribution in [0.3, 0.4) is 0 Å². The van der Waals surface area contributed by atoms with E-state index in [1.807, 2.05) is 13.8 Å². The fourth-order valence-corrected chi connectivity index (χ4v) is 1.17. The summed E-state index contributed by atoms with van der Waals surface area (Å²) in [6.07, 6.45) is 5.87. The Bertz CT molecular complexity index is 362. The Balaban J connectivity index is 2.74. The molecule has 1 rings (SSSR count). The molecule has 0 N–H and O–H groups in total. The molecular formula is C11H13NO3. The molecule has 0 aromatic carbocycles. The Kier molecular flexibility index (Phi) is 3.92. The second-order valence-electron chi connectivity index (χ2n) is 3.47.